The minimum absolute atomic E-state index is 0.852. The molecule has 0 radical (unpaired) electrons. The first-order chi connectivity index (χ1) is 9.72. The Morgan fingerprint density at radius 2 is 1.65 bits per heavy atom. The summed E-state index contributed by atoms with van der Waals surface area (Å²) in [5, 5.41) is 0. The molecule has 0 nitrogen and oxygen atoms in total. The third-order valence-corrected chi connectivity index (χ3v) is 6.17. The van der Waals surface area contributed by atoms with Crippen LogP contribution in [0.5, 0.6) is 0 Å². The summed E-state index contributed by atoms with van der Waals surface area (Å²) >= 11 is 0. The van der Waals surface area contributed by atoms with Crippen LogP contribution in [0.1, 0.15) is 90.9 Å². The van der Waals surface area contributed by atoms with Crippen LogP contribution in [0, 0.1) is 23.7 Å². The number of hydrogen-bond acceptors (Lipinski definition) is 0. The monoisotopic (exact) mass is 276 g/mol. The zero-order chi connectivity index (χ0) is 14.4. The highest BCUT2D eigenvalue weighted by atomic mass is 14.4. The van der Waals surface area contributed by atoms with Crippen LogP contribution in [0.15, 0.2) is 12.2 Å². The molecule has 0 heterocycles. The summed E-state index contributed by atoms with van der Waals surface area (Å²) in [6, 6.07) is 0. The van der Waals surface area contributed by atoms with Gasteiger partial charge in [-0.15, -0.1) is 0 Å². The fraction of sp³-hybridized carbons (Fsp3) is 0.900. The molecule has 116 valence electrons. The molecule has 0 N–H and O–H groups in total. The van der Waals surface area contributed by atoms with Crippen molar-refractivity contribution in [3.05, 3.63) is 12.2 Å². The molecule has 0 aromatic heterocycles. The Kier molecular flexibility index (Phi) is 6.65. The van der Waals surface area contributed by atoms with Gasteiger partial charge >= 0.3 is 0 Å². The Labute approximate surface area is 127 Å². The van der Waals surface area contributed by atoms with E-state index in [4.69, 9.17) is 0 Å². The van der Waals surface area contributed by atoms with Crippen LogP contribution < -0.4 is 0 Å². The maximum absolute atomic E-state index is 4.29. The fourth-order valence-electron chi connectivity index (χ4n) is 4.92. The molecule has 2 saturated carbocycles. The fourth-order valence-corrected chi connectivity index (χ4v) is 4.92. The highest BCUT2D eigenvalue weighted by Crippen LogP contribution is 2.45. The van der Waals surface area contributed by atoms with Crippen LogP contribution in [-0.4, -0.2) is 0 Å². The highest BCUT2D eigenvalue weighted by Gasteiger charge is 2.34. The lowest BCUT2D eigenvalue weighted by molar-refractivity contribution is 0.127. The molecule has 20 heavy (non-hydrogen) atoms. The lowest BCUT2D eigenvalue weighted by atomic mass is 9.65. The van der Waals surface area contributed by atoms with Gasteiger partial charge in [-0.05, 0) is 56.3 Å². The predicted molar refractivity (Wildman–Crippen MR) is 89.9 cm³/mol. The Morgan fingerprint density at radius 1 is 0.950 bits per heavy atom. The average molecular weight is 277 g/mol. The molecule has 2 aliphatic rings. The highest BCUT2D eigenvalue weighted by molar-refractivity contribution is 5.02. The van der Waals surface area contributed by atoms with Crippen LogP contribution >= 0.6 is 0 Å². The first-order valence-corrected chi connectivity index (χ1v) is 9.37. The molecule has 2 fully saturated rings. The topological polar surface area (TPSA) is 0 Å². The van der Waals surface area contributed by atoms with E-state index in [1.54, 1.807) is 0 Å². The zero-order valence-electron chi connectivity index (χ0n) is 14.0. The van der Waals surface area contributed by atoms with E-state index in [1.807, 2.05) is 0 Å². The van der Waals surface area contributed by atoms with Crippen LogP contribution in [-0.2, 0) is 0 Å². The number of hydrogen-bond donors (Lipinski definition) is 0. The molecule has 2 aliphatic carbocycles. The van der Waals surface area contributed by atoms with Gasteiger partial charge in [0.15, 0.2) is 0 Å². The second-order valence-corrected chi connectivity index (χ2v) is 7.68. The molecule has 2 atom stereocenters. The van der Waals surface area contributed by atoms with Gasteiger partial charge in [-0.25, -0.2) is 0 Å². The van der Waals surface area contributed by atoms with Gasteiger partial charge in [0.05, 0.1) is 0 Å². The smallest absolute Gasteiger partial charge is 0.0178 e. The van der Waals surface area contributed by atoms with E-state index in [9.17, 15) is 0 Å². The van der Waals surface area contributed by atoms with Gasteiger partial charge in [0.1, 0.15) is 0 Å². The second-order valence-electron chi connectivity index (χ2n) is 7.68. The van der Waals surface area contributed by atoms with E-state index in [0.29, 0.717) is 0 Å². The molecule has 0 aliphatic heterocycles. The third-order valence-electron chi connectivity index (χ3n) is 6.17. The Morgan fingerprint density at radius 3 is 2.30 bits per heavy atom. The number of rotatable bonds is 6. The van der Waals surface area contributed by atoms with Crippen molar-refractivity contribution in [2.45, 2.75) is 90.9 Å². The Hall–Kier alpha value is -0.260. The van der Waals surface area contributed by atoms with Crippen LogP contribution in [0.2, 0.25) is 0 Å². The minimum atomic E-state index is 0.852. The van der Waals surface area contributed by atoms with E-state index >= 15 is 0 Å². The minimum Gasteiger partial charge on any atom is -0.0999 e. The van der Waals surface area contributed by atoms with E-state index in [0.717, 1.165) is 23.7 Å². The molecule has 0 aromatic rings. The van der Waals surface area contributed by atoms with Crippen molar-refractivity contribution in [2.75, 3.05) is 0 Å². The van der Waals surface area contributed by atoms with Crippen molar-refractivity contribution in [3.8, 4) is 0 Å². The maximum atomic E-state index is 4.29. The van der Waals surface area contributed by atoms with E-state index < -0.39 is 0 Å². The summed E-state index contributed by atoms with van der Waals surface area (Å²) < 4.78 is 0. The molecular weight excluding hydrogens is 240 g/mol. The molecule has 0 spiro atoms. The summed E-state index contributed by atoms with van der Waals surface area (Å²) in [4.78, 5) is 0. The maximum Gasteiger partial charge on any atom is -0.0178 e. The van der Waals surface area contributed by atoms with Gasteiger partial charge in [0.25, 0.3) is 0 Å². The molecule has 0 heteroatoms. The third kappa shape index (κ3) is 4.37. The molecule has 0 amide bonds. The molecule has 0 bridgehead atoms. The number of unbranched alkanes of at least 4 members (excludes halogenated alkanes) is 2. The van der Waals surface area contributed by atoms with Crippen LogP contribution in [0.4, 0.5) is 0 Å². The summed E-state index contributed by atoms with van der Waals surface area (Å²) in [5.74, 6) is 3.92. The van der Waals surface area contributed by atoms with Crippen molar-refractivity contribution in [3.63, 3.8) is 0 Å². The summed E-state index contributed by atoms with van der Waals surface area (Å²) in [7, 11) is 0. The quantitative estimate of drug-likeness (QED) is 0.371. The van der Waals surface area contributed by atoms with Gasteiger partial charge in [-0.1, -0.05) is 70.4 Å². The first kappa shape index (κ1) is 16.1. The first-order valence-electron chi connectivity index (χ1n) is 9.37. The largest absolute Gasteiger partial charge is 0.0999 e. The Bertz CT molecular complexity index is 282. The van der Waals surface area contributed by atoms with Gasteiger partial charge < -0.3 is 0 Å². The number of allylic oxidation sites excluding steroid dienone is 1. The van der Waals surface area contributed by atoms with Crippen LogP contribution in [0.3, 0.4) is 0 Å². The summed E-state index contributed by atoms with van der Waals surface area (Å²) in [6.45, 7) is 8.88. The van der Waals surface area contributed by atoms with E-state index in [2.05, 4.69) is 20.4 Å². The average Bonchev–Trinajstić information content (AvgIpc) is 2.48. The molecule has 0 saturated heterocycles. The second kappa shape index (κ2) is 8.25. The zero-order valence-corrected chi connectivity index (χ0v) is 14.0. The van der Waals surface area contributed by atoms with Crippen molar-refractivity contribution >= 4 is 0 Å². The van der Waals surface area contributed by atoms with Crippen LogP contribution in [0.25, 0.3) is 0 Å². The standard InChI is InChI=1S/C20H36/c1-4-5-6-9-17-12-14-18(15-13-17)20-11-8-7-10-19(20)16(2)3/h17-20H,2,4-15H2,1,3H3. The van der Waals surface area contributed by atoms with Gasteiger partial charge in [-0.3, -0.25) is 0 Å². The molecular formula is C20H36. The van der Waals surface area contributed by atoms with Gasteiger partial charge in [0, 0.05) is 0 Å². The molecule has 2 unspecified atom stereocenters. The lowest BCUT2D eigenvalue weighted by Crippen LogP contribution is -2.30. The van der Waals surface area contributed by atoms with E-state index in [-0.39, 0.29) is 0 Å². The van der Waals surface area contributed by atoms with Gasteiger partial charge in [-0.2, -0.15) is 0 Å². The predicted octanol–water partition coefficient (Wildman–Crippen LogP) is 6.76. The molecule has 2 rings (SSSR count). The summed E-state index contributed by atoms with van der Waals surface area (Å²) in [6.07, 6.45) is 17.7. The Balaban J connectivity index is 1.78. The van der Waals surface area contributed by atoms with Crippen molar-refractivity contribution in [1.82, 2.24) is 0 Å². The van der Waals surface area contributed by atoms with Crippen molar-refractivity contribution in [2.24, 2.45) is 23.7 Å². The molecule has 0 aromatic carbocycles. The SMILES string of the molecule is C=C(C)C1CCCCC1C1CCC(CCCCC)CC1. The lowest BCUT2D eigenvalue weighted by Gasteiger charge is -2.41. The van der Waals surface area contributed by atoms with Gasteiger partial charge in [0.2, 0.25) is 0 Å². The van der Waals surface area contributed by atoms with Crippen molar-refractivity contribution < 1.29 is 0 Å². The normalized spacial score (nSPS) is 34.9. The van der Waals surface area contributed by atoms with E-state index in [1.165, 1.54) is 82.6 Å². The summed E-state index contributed by atoms with van der Waals surface area (Å²) in [5.41, 5.74) is 1.47. The van der Waals surface area contributed by atoms with Crippen molar-refractivity contribution in [1.29, 1.82) is 0 Å².